The van der Waals surface area contributed by atoms with Gasteiger partial charge in [0.05, 0.1) is 24.4 Å². The van der Waals surface area contributed by atoms with Crippen molar-refractivity contribution in [2.45, 2.75) is 6.92 Å². The minimum atomic E-state index is -0.0809. The van der Waals surface area contributed by atoms with Gasteiger partial charge < -0.3 is 5.32 Å². The minimum absolute atomic E-state index is 0.0809. The van der Waals surface area contributed by atoms with Crippen LogP contribution < -0.4 is 5.32 Å². The molecule has 1 N–H and O–H groups in total. The lowest BCUT2D eigenvalue weighted by atomic mass is 10.3. The SMILES string of the molecule is Cc1cc(C(=O)Nc2ccc3ncsc3c2)sc1Br. The number of thiazole rings is 1. The van der Waals surface area contributed by atoms with Crippen LogP contribution >= 0.6 is 38.6 Å². The van der Waals surface area contributed by atoms with Crippen molar-refractivity contribution in [1.82, 2.24) is 4.98 Å². The maximum absolute atomic E-state index is 12.1. The minimum Gasteiger partial charge on any atom is -0.321 e. The molecule has 0 unspecified atom stereocenters. The maximum Gasteiger partial charge on any atom is 0.265 e. The number of hydrogen-bond acceptors (Lipinski definition) is 4. The van der Waals surface area contributed by atoms with Crippen LogP contribution in [-0.4, -0.2) is 10.9 Å². The van der Waals surface area contributed by atoms with E-state index in [1.54, 1.807) is 16.8 Å². The number of carbonyl (C=O) groups excluding carboxylic acids is 1. The molecule has 0 radical (unpaired) electrons. The summed E-state index contributed by atoms with van der Waals surface area (Å²) in [6.07, 6.45) is 0. The summed E-state index contributed by atoms with van der Waals surface area (Å²) in [5.41, 5.74) is 4.63. The Morgan fingerprint density at radius 1 is 1.37 bits per heavy atom. The summed E-state index contributed by atoms with van der Waals surface area (Å²) >= 11 is 6.43. The van der Waals surface area contributed by atoms with E-state index >= 15 is 0 Å². The molecule has 0 saturated carbocycles. The van der Waals surface area contributed by atoms with Crippen molar-refractivity contribution in [2.75, 3.05) is 5.32 Å². The van der Waals surface area contributed by atoms with Crippen LogP contribution in [0.15, 0.2) is 33.6 Å². The zero-order valence-corrected chi connectivity index (χ0v) is 13.2. The number of nitrogens with one attached hydrogen (secondary N) is 1. The molecule has 1 aromatic carbocycles. The molecule has 6 heteroatoms. The summed E-state index contributed by atoms with van der Waals surface area (Å²) in [5.74, 6) is -0.0809. The highest BCUT2D eigenvalue weighted by Gasteiger charge is 2.11. The average Bonchev–Trinajstić information content (AvgIpc) is 2.96. The maximum atomic E-state index is 12.1. The molecule has 0 fully saturated rings. The van der Waals surface area contributed by atoms with Gasteiger partial charge in [-0.2, -0.15) is 0 Å². The molecule has 1 amide bonds. The average molecular weight is 353 g/mol. The molecule has 2 heterocycles. The van der Waals surface area contributed by atoms with Crippen molar-refractivity contribution in [1.29, 1.82) is 0 Å². The number of aryl methyl sites for hydroxylation is 1. The predicted molar refractivity (Wildman–Crippen MR) is 84.3 cm³/mol. The van der Waals surface area contributed by atoms with Gasteiger partial charge in [0, 0.05) is 5.69 Å². The molecule has 96 valence electrons. The Hall–Kier alpha value is -1.24. The van der Waals surface area contributed by atoms with Gasteiger partial charge in [-0.3, -0.25) is 4.79 Å². The van der Waals surface area contributed by atoms with Gasteiger partial charge in [0.2, 0.25) is 0 Å². The summed E-state index contributed by atoms with van der Waals surface area (Å²) in [4.78, 5) is 17.0. The fourth-order valence-corrected chi connectivity index (χ4v) is 3.84. The highest BCUT2D eigenvalue weighted by Crippen LogP contribution is 2.28. The molecule has 0 aliphatic carbocycles. The summed E-state index contributed by atoms with van der Waals surface area (Å²) in [5, 5.41) is 2.91. The quantitative estimate of drug-likeness (QED) is 0.727. The second kappa shape index (κ2) is 5.03. The van der Waals surface area contributed by atoms with Gasteiger partial charge in [-0.1, -0.05) is 0 Å². The van der Waals surface area contributed by atoms with E-state index in [-0.39, 0.29) is 5.91 Å². The fourth-order valence-electron chi connectivity index (χ4n) is 1.70. The summed E-state index contributed by atoms with van der Waals surface area (Å²) in [6, 6.07) is 7.61. The van der Waals surface area contributed by atoms with E-state index in [0.717, 1.165) is 25.3 Å². The second-order valence-electron chi connectivity index (χ2n) is 4.06. The van der Waals surface area contributed by atoms with Crippen LogP contribution in [-0.2, 0) is 0 Å². The third-order valence-electron chi connectivity index (χ3n) is 2.67. The normalized spacial score (nSPS) is 10.8. The molecule has 0 saturated heterocycles. The van der Waals surface area contributed by atoms with Crippen molar-refractivity contribution < 1.29 is 4.79 Å². The molecule has 3 nitrogen and oxygen atoms in total. The van der Waals surface area contributed by atoms with Gasteiger partial charge in [-0.05, 0) is 52.7 Å². The summed E-state index contributed by atoms with van der Waals surface area (Å²) in [7, 11) is 0. The molecule has 0 bridgehead atoms. The molecule has 3 rings (SSSR count). The monoisotopic (exact) mass is 352 g/mol. The van der Waals surface area contributed by atoms with Crippen molar-refractivity contribution in [3.63, 3.8) is 0 Å². The van der Waals surface area contributed by atoms with E-state index in [1.807, 2.05) is 31.2 Å². The smallest absolute Gasteiger partial charge is 0.265 e. The molecule has 3 aromatic rings. The van der Waals surface area contributed by atoms with Crippen molar-refractivity contribution in [3.8, 4) is 0 Å². The Labute approximate surface area is 126 Å². The van der Waals surface area contributed by atoms with Gasteiger partial charge in [-0.15, -0.1) is 22.7 Å². The Bertz CT molecular complexity index is 743. The number of rotatable bonds is 2. The number of halogens is 1. The highest BCUT2D eigenvalue weighted by molar-refractivity contribution is 9.11. The first kappa shape index (κ1) is 12.8. The van der Waals surface area contributed by atoms with Gasteiger partial charge in [-0.25, -0.2) is 4.98 Å². The standard InChI is InChI=1S/C13H9BrN2OS2/c1-7-4-11(19-12(7)14)13(17)16-8-2-3-9-10(5-8)18-6-15-9/h2-6H,1H3,(H,16,17). The van der Waals surface area contributed by atoms with E-state index in [1.165, 1.54) is 11.3 Å². The molecule has 0 atom stereocenters. The summed E-state index contributed by atoms with van der Waals surface area (Å²) < 4.78 is 2.07. The lowest BCUT2D eigenvalue weighted by Gasteiger charge is -2.03. The Kier molecular flexibility index (Phi) is 3.38. The van der Waals surface area contributed by atoms with E-state index < -0.39 is 0 Å². The van der Waals surface area contributed by atoms with E-state index in [0.29, 0.717) is 4.88 Å². The molecule has 0 aliphatic rings. The predicted octanol–water partition coefficient (Wildman–Crippen LogP) is 4.68. The van der Waals surface area contributed by atoms with Crippen LogP contribution in [0.3, 0.4) is 0 Å². The third kappa shape index (κ3) is 2.56. The zero-order chi connectivity index (χ0) is 13.4. The molecule has 0 spiro atoms. The van der Waals surface area contributed by atoms with Crippen LogP contribution in [0, 0.1) is 6.92 Å². The molecule has 2 aromatic heterocycles. The van der Waals surface area contributed by atoms with Gasteiger partial charge in [0.1, 0.15) is 0 Å². The number of anilines is 1. The van der Waals surface area contributed by atoms with Crippen LogP contribution in [0.1, 0.15) is 15.2 Å². The Morgan fingerprint density at radius 3 is 2.95 bits per heavy atom. The largest absolute Gasteiger partial charge is 0.321 e. The first-order valence-corrected chi connectivity index (χ1v) is 8.03. The third-order valence-corrected chi connectivity index (χ3v) is 5.60. The van der Waals surface area contributed by atoms with Crippen molar-refractivity contribution in [2.24, 2.45) is 0 Å². The molecule has 19 heavy (non-hydrogen) atoms. The first-order chi connectivity index (χ1) is 9.13. The lowest BCUT2D eigenvalue weighted by molar-refractivity contribution is 0.103. The molecular formula is C13H9BrN2OS2. The first-order valence-electron chi connectivity index (χ1n) is 5.54. The van der Waals surface area contributed by atoms with Crippen molar-refractivity contribution >= 4 is 60.4 Å². The number of thiophene rings is 1. The van der Waals surface area contributed by atoms with Gasteiger partial charge >= 0.3 is 0 Å². The van der Waals surface area contributed by atoms with Crippen LogP contribution in [0.4, 0.5) is 5.69 Å². The second-order valence-corrected chi connectivity index (χ2v) is 7.31. The topological polar surface area (TPSA) is 42.0 Å². The van der Waals surface area contributed by atoms with Crippen LogP contribution in [0.5, 0.6) is 0 Å². The van der Waals surface area contributed by atoms with E-state index in [4.69, 9.17) is 0 Å². The Balaban J connectivity index is 1.85. The number of fused-ring (bicyclic) bond motifs is 1. The summed E-state index contributed by atoms with van der Waals surface area (Å²) in [6.45, 7) is 1.97. The number of carbonyl (C=O) groups is 1. The number of amides is 1. The number of nitrogens with zero attached hydrogens (tertiary/aromatic N) is 1. The fraction of sp³-hybridized carbons (Fsp3) is 0.0769. The van der Waals surface area contributed by atoms with Crippen molar-refractivity contribution in [3.05, 3.63) is 44.0 Å². The number of benzene rings is 1. The van der Waals surface area contributed by atoms with Crippen LogP contribution in [0.25, 0.3) is 10.2 Å². The van der Waals surface area contributed by atoms with Crippen LogP contribution in [0.2, 0.25) is 0 Å². The lowest BCUT2D eigenvalue weighted by Crippen LogP contribution is -2.09. The number of aromatic nitrogens is 1. The molecule has 0 aliphatic heterocycles. The van der Waals surface area contributed by atoms with Gasteiger partial charge in [0.15, 0.2) is 0 Å². The molecular weight excluding hydrogens is 344 g/mol. The zero-order valence-electron chi connectivity index (χ0n) is 9.94. The van der Waals surface area contributed by atoms with E-state index in [9.17, 15) is 4.79 Å². The number of hydrogen-bond donors (Lipinski definition) is 1. The highest BCUT2D eigenvalue weighted by atomic mass is 79.9. The Morgan fingerprint density at radius 2 is 2.21 bits per heavy atom. The van der Waals surface area contributed by atoms with E-state index in [2.05, 4.69) is 26.2 Å². The van der Waals surface area contributed by atoms with Gasteiger partial charge in [0.25, 0.3) is 5.91 Å².